The van der Waals surface area contributed by atoms with Crippen LogP contribution in [0.2, 0.25) is 0 Å². The zero-order valence-electron chi connectivity index (χ0n) is 22.6. The van der Waals surface area contributed by atoms with E-state index in [0.717, 1.165) is 31.2 Å². The van der Waals surface area contributed by atoms with E-state index in [0.29, 0.717) is 23.3 Å². The zero-order chi connectivity index (χ0) is 27.7. The number of rotatable bonds is 10. The predicted octanol–water partition coefficient (Wildman–Crippen LogP) is 4.52. The van der Waals surface area contributed by atoms with E-state index in [-0.39, 0.29) is 11.9 Å². The number of carbonyl (C=O) groups excluding carboxylic acids is 3. The van der Waals surface area contributed by atoms with Gasteiger partial charge in [0.25, 0.3) is 11.8 Å². The van der Waals surface area contributed by atoms with Crippen LogP contribution in [0, 0.1) is 0 Å². The molecule has 0 aromatic heterocycles. The lowest BCUT2D eigenvalue weighted by Gasteiger charge is -2.33. The van der Waals surface area contributed by atoms with Gasteiger partial charge in [-0.15, -0.1) is 0 Å². The third-order valence-electron chi connectivity index (χ3n) is 7.36. The SMILES string of the molecule is COc1cccc(C(C)(NC(=O)c2ccccc2)C(=O)NC(Cc2ccccc2)C(=O)NC2CCCCC2)c1. The normalized spacial score (nSPS) is 15.8. The molecule has 0 bridgehead atoms. The smallest absolute Gasteiger partial charge is 0.252 e. The van der Waals surface area contributed by atoms with Crippen molar-refractivity contribution >= 4 is 17.7 Å². The van der Waals surface area contributed by atoms with E-state index < -0.39 is 23.4 Å². The molecule has 3 amide bonds. The van der Waals surface area contributed by atoms with E-state index in [1.807, 2.05) is 36.4 Å². The van der Waals surface area contributed by atoms with Crippen molar-refractivity contribution in [2.24, 2.45) is 0 Å². The number of hydrogen-bond acceptors (Lipinski definition) is 4. The van der Waals surface area contributed by atoms with Crippen molar-refractivity contribution < 1.29 is 19.1 Å². The van der Waals surface area contributed by atoms with Gasteiger partial charge < -0.3 is 20.7 Å². The topological polar surface area (TPSA) is 96.5 Å². The second-order valence-electron chi connectivity index (χ2n) is 10.2. The largest absolute Gasteiger partial charge is 0.497 e. The summed E-state index contributed by atoms with van der Waals surface area (Å²) in [5.41, 5.74) is 0.407. The summed E-state index contributed by atoms with van der Waals surface area (Å²) in [5, 5.41) is 9.07. The number of nitrogens with one attached hydrogen (secondary N) is 3. The first-order chi connectivity index (χ1) is 18.9. The summed E-state index contributed by atoms with van der Waals surface area (Å²) in [4.78, 5) is 40.9. The summed E-state index contributed by atoms with van der Waals surface area (Å²) in [5.74, 6) is -0.556. The van der Waals surface area contributed by atoms with Crippen LogP contribution >= 0.6 is 0 Å². The summed E-state index contributed by atoms with van der Waals surface area (Å²) >= 11 is 0. The van der Waals surface area contributed by atoms with E-state index in [9.17, 15) is 14.4 Å². The maximum atomic E-state index is 14.1. The lowest BCUT2D eigenvalue weighted by molar-refractivity contribution is -0.132. The Balaban J connectivity index is 1.63. The fourth-order valence-electron chi connectivity index (χ4n) is 4.99. The van der Waals surface area contributed by atoms with Crippen LogP contribution in [0.1, 0.15) is 60.5 Å². The van der Waals surface area contributed by atoms with Gasteiger partial charge in [-0.05, 0) is 55.2 Å². The fraction of sp³-hybridized carbons (Fsp3) is 0.344. The first kappa shape index (κ1) is 27.9. The summed E-state index contributed by atoms with van der Waals surface area (Å²) in [6.07, 6.45) is 5.54. The Morgan fingerprint density at radius 2 is 1.56 bits per heavy atom. The van der Waals surface area contributed by atoms with Gasteiger partial charge in [0.1, 0.15) is 17.3 Å². The second-order valence-corrected chi connectivity index (χ2v) is 10.2. The standard InChI is InChI=1S/C32H37N3O4/c1-32(25-17-12-20-27(22-25)39-2,35-29(36)24-15-8-4-9-16-24)31(38)34-28(21-23-13-6-3-7-14-23)30(37)33-26-18-10-5-11-19-26/h3-4,6-9,12-17,20,22,26,28H,5,10-11,18-19,21H2,1-2H3,(H,33,37)(H,34,38)(H,35,36). The Hall–Kier alpha value is -4.13. The van der Waals surface area contributed by atoms with Gasteiger partial charge in [-0.1, -0.05) is 79.9 Å². The van der Waals surface area contributed by atoms with E-state index >= 15 is 0 Å². The van der Waals surface area contributed by atoms with E-state index in [1.54, 1.807) is 62.6 Å². The van der Waals surface area contributed by atoms with Gasteiger partial charge >= 0.3 is 0 Å². The molecular weight excluding hydrogens is 490 g/mol. The minimum atomic E-state index is -1.48. The van der Waals surface area contributed by atoms with Gasteiger partial charge in [-0.2, -0.15) is 0 Å². The van der Waals surface area contributed by atoms with Crippen LogP contribution in [0.15, 0.2) is 84.9 Å². The molecule has 7 nitrogen and oxygen atoms in total. The minimum absolute atomic E-state index is 0.101. The number of amides is 3. The molecule has 0 saturated heterocycles. The number of benzene rings is 3. The summed E-state index contributed by atoms with van der Waals surface area (Å²) in [6.45, 7) is 1.65. The first-order valence-corrected chi connectivity index (χ1v) is 13.6. The zero-order valence-corrected chi connectivity index (χ0v) is 22.6. The van der Waals surface area contributed by atoms with Crippen molar-refractivity contribution in [2.75, 3.05) is 7.11 Å². The van der Waals surface area contributed by atoms with Crippen molar-refractivity contribution in [1.29, 1.82) is 0 Å². The molecule has 1 aliphatic carbocycles. The van der Waals surface area contributed by atoms with Crippen LogP contribution < -0.4 is 20.7 Å². The van der Waals surface area contributed by atoms with Gasteiger partial charge in [-0.3, -0.25) is 14.4 Å². The van der Waals surface area contributed by atoms with Gasteiger partial charge in [0.2, 0.25) is 5.91 Å². The maximum absolute atomic E-state index is 14.1. The van der Waals surface area contributed by atoms with Crippen LogP contribution in [-0.2, 0) is 21.5 Å². The fourth-order valence-corrected chi connectivity index (χ4v) is 4.99. The molecule has 0 heterocycles. The molecular formula is C32H37N3O4. The lowest BCUT2D eigenvalue weighted by Crippen LogP contribution is -2.59. The monoisotopic (exact) mass is 527 g/mol. The molecule has 204 valence electrons. The van der Waals surface area contributed by atoms with Crippen molar-refractivity contribution in [2.45, 2.75) is 63.1 Å². The first-order valence-electron chi connectivity index (χ1n) is 13.6. The maximum Gasteiger partial charge on any atom is 0.252 e. The Kier molecular flexibility index (Phi) is 9.36. The second kappa shape index (κ2) is 13.1. The summed E-state index contributed by atoms with van der Waals surface area (Å²) in [7, 11) is 1.55. The predicted molar refractivity (Wildman–Crippen MR) is 151 cm³/mol. The molecule has 1 fully saturated rings. The lowest BCUT2D eigenvalue weighted by atomic mass is 9.89. The van der Waals surface area contributed by atoms with Gasteiger partial charge in [0.15, 0.2) is 0 Å². The highest BCUT2D eigenvalue weighted by molar-refractivity contribution is 6.00. The van der Waals surface area contributed by atoms with Crippen molar-refractivity contribution in [3.8, 4) is 5.75 Å². The summed E-state index contributed by atoms with van der Waals surface area (Å²) < 4.78 is 5.39. The molecule has 3 aromatic carbocycles. The number of hydrogen-bond donors (Lipinski definition) is 3. The highest BCUT2D eigenvalue weighted by Gasteiger charge is 2.39. The Bertz CT molecular complexity index is 1260. The minimum Gasteiger partial charge on any atom is -0.497 e. The third-order valence-corrected chi connectivity index (χ3v) is 7.36. The van der Waals surface area contributed by atoms with E-state index in [4.69, 9.17) is 4.74 Å². The van der Waals surface area contributed by atoms with Gasteiger partial charge in [0, 0.05) is 18.0 Å². The molecule has 7 heteroatoms. The van der Waals surface area contributed by atoms with E-state index in [1.165, 1.54) is 6.42 Å². The van der Waals surface area contributed by atoms with Crippen molar-refractivity contribution in [1.82, 2.24) is 16.0 Å². The quantitative estimate of drug-likeness (QED) is 0.361. The molecule has 3 aromatic rings. The molecule has 1 aliphatic rings. The van der Waals surface area contributed by atoms with Crippen LogP contribution in [0.25, 0.3) is 0 Å². The van der Waals surface area contributed by atoms with Crippen LogP contribution in [0.3, 0.4) is 0 Å². The third kappa shape index (κ3) is 7.25. The van der Waals surface area contributed by atoms with Crippen LogP contribution in [-0.4, -0.2) is 36.9 Å². The number of ether oxygens (including phenoxy) is 1. The average Bonchev–Trinajstić information content (AvgIpc) is 2.98. The molecule has 4 rings (SSSR count). The molecule has 2 unspecified atom stereocenters. The van der Waals surface area contributed by atoms with Gasteiger partial charge in [-0.25, -0.2) is 0 Å². The molecule has 39 heavy (non-hydrogen) atoms. The molecule has 2 atom stereocenters. The molecule has 0 aliphatic heterocycles. The Morgan fingerprint density at radius 3 is 2.23 bits per heavy atom. The van der Waals surface area contributed by atoms with Crippen LogP contribution in [0.4, 0.5) is 0 Å². The summed E-state index contributed by atoms with van der Waals surface area (Å²) in [6, 6.07) is 24.7. The van der Waals surface area contributed by atoms with Crippen LogP contribution in [0.5, 0.6) is 5.75 Å². The highest BCUT2D eigenvalue weighted by Crippen LogP contribution is 2.26. The molecule has 0 radical (unpaired) electrons. The number of methoxy groups -OCH3 is 1. The highest BCUT2D eigenvalue weighted by atomic mass is 16.5. The number of carbonyl (C=O) groups is 3. The van der Waals surface area contributed by atoms with Crippen molar-refractivity contribution in [3.63, 3.8) is 0 Å². The Morgan fingerprint density at radius 1 is 0.897 bits per heavy atom. The molecule has 1 saturated carbocycles. The average molecular weight is 528 g/mol. The Labute approximate surface area is 230 Å². The van der Waals surface area contributed by atoms with Crippen molar-refractivity contribution in [3.05, 3.63) is 102 Å². The van der Waals surface area contributed by atoms with Gasteiger partial charge in [0.05, 0.1) is 7.11 Å². The van der Waals surface area contributed by atoms with E-state index in [2.05, 4.69) is 16.0 Å². The molecule has 3 N–H and O–H groups in total. The molecule has 0 spiro atoms.